The van der Waals surface area contributed by atoms with Gasteiger partial charge in [0.15, 0.2) is 0 Å². The Morgan fingerprint density at radius 1 is 0.950 bits per heavy atom. The summed E-state index contributed by atoms with van der Waals surface area (Å²) in [5.74, 6) is 0. The van der Waals surface area contributed by atoms with E-state index in [2.05, 4.69) is 62.5 Å². The number of rotatable bonds is 4. The van der Waals surface area contributed by atoms with E-state index in [1.165, 1.54) is 22.3 Å². The molecule has 1 atom stereocenters. The van der Waals surface area contributed by atoms with E-state index in [1.54, 1.807) is 0 Å². The fourth-order valence-electron chi connectivity index (χ4n) is 2.68. The zero-order chi connectivity index (χ0) is 14.7. The summed E-state index contributed by atoms with van der Waals surface area (Å²) in [5, 5.41) is 4.28. The number of aryl methyl sites for hydroxylation is 3. The molecule has 2 heteroatoms. The van der Waals surface area contributed by atoms with E-state index in [0.717, 1.165) is 17.0 Å². The molecule has 0 fully saturated rings. The van der Waals surface area contributed by atoms with Gasteiger partial charge in [0.1, 0.15) is 0 Å². The molecular weight excluding hydrogens is 266 g/mol. The standard InChI is InChI=1S/C18H22ClN/c1-12-7-5-8-13(2)16(12)11-17(20-4)15-10-6-9-14(3)18(15)19/h5-10,17,20H,11H2,1-4H3. The van der Waals surface area contributed by atoms with E-state index in [9.17, 15) is 0 Å². The molecule has 1 nitrogen and oxygen atoms in total. The summed E-state index contributed by atoms with van der Waals surface area (Å²) in [6, 6.07) is 12.9. The number of likely N-dealkylation sites (N-methyl/N-ethyl adjacent to an activating group) is 1. The lowest BCUT2D eigenvalue weighted by atomic mass is 9.92. The molecule has 2 rings (SSSR count). The second-order valence-electron chi connectivity index (χ2n) is 5.39. The molecule has 0 saturated carbocycles. The van der Waals surface area contributed by atoms with Gasteiger partial charge < -0.3 is 5.32 Å². The van der Waals surface area contributed by atoms with Gasteiger partial charge >= 0.3 is 0 Å². The maximum absolute atomic E-state index is 6.47. The molecule has 1 N–H and O–H groups in total. The van der Waals surface area contributed by atoms with Crippen LogP contribution in [0.3, 0.4) is 0 Å². The zero-order valence-corrected chi connectivity index (χ0v) is 13.4. The first kappa shape index (κ1) is 15.1. The molecule has 0 saturated heterocycles. The van der Waals surface area contributed by atoms with Crippen LogP contribution in [-0.2, 0) is 6.42 Å². The minimum absolute atomic E-state index is 0.238. The molecule has 0 aliphatic heterocycles. The molecule has 0 spiro atoms. The number of hydrogen-bond acceptors (Lipinski definition) is 1. The summed E-state index contributed by atoms with van der Waals surface area (Å²) in [5.41, 5.74) is 6.40. The normalized spacial score (nSPS) is 12.4. The maximum atomic E-state index is 6.47. The van der Waals surface area contributed by atoms with Gasteiger partial charge in [0.25, 0.3) is 0 Å². The van der Waals surface area contributed by atoms with Crippen LogP contribution in [0.25, 0.3) is 0 Å². The number of hydrogen-bond donors (Lipinski definition) is 1. The van der Waals surface area contributed by atoms with Crippen LogP contribution in [0.2, 0.25) is 5.02 Å². The Morgan fingerprint density at radius 3 is 2.10 bits per heavy atom. The van der Waals surface area contributed by atoms with Gasteiger partial charge in [-0.2, -0.15) is 0 Å². The Morgan fingerprint density at radius 2 is 1.50 bits per heavy atom. The quantitative estimate of drug-likeness (QED) is 0.854. The van der Waals surface area contributed by atoms with Gasteiger partial charge in [-0.15, -0.1) is 0 Å². The third-order valence-electron chi connectivity index (χ3n) is 4.00. The maximum Gasteiger partial charge on any atom is 0.0483 e. The average Bonchev–Trinajstić information content (AvgIpc) is 2.42. The van der Waals surface area contributed by atoms with E-state index in [4.69, 9.17) is 11.6 Å². The van der Waals surface area contributed by atoms with Crippen LogP contribution in [0.5, 0.6) is 0 Å². The Labute approximate surface area is 127 Å². The van der Waals surface area contributed by atoms with Crippen molar-refractivity contribution in [3.05, 3.63) is 69.2 Å². The topological polar surface area (TPSA) is 12.0 Å². The molecule has 0 heterocycles. The van der Waals surface area contributed by atoms with Crippen molar-refractivity contribution in [2.45, 2.75) is 33.2 Å². The van der Waals surface area contributed by atoms with Crippen molar-refractivity contribution in [3.63, 3.8) is 0 Å². The van der Waals surface area contributed by atoms with Crippen molar-refractivity contribution in [2.75, 3.05) is 7.05 Å². The van der Waals surface area contributed by atoms with Crippen LogP contribution in [-0.4, -0.2) is 7.05 Å². The molecule has 2 aromatic carbocycles. The van der Waals surface area contributed by atoms with E-state index in [0.29, 0.717) is 0 Å². The summed E-state index contributed by atoms with van der Waals surface area (Å²) in [6.45, 7) is 6.40. The lowest BCUT2D eigenvalue weighted by Crippen LogP contribution is -2.20. The smallest absolute Gasteiger partial charge is 0.0483 e. The van der Waals surface area contributed by atoms with Gasteiger partial charge in [-0.3, -0.25) is 0 Å². The highest BCUT2D eigenvalue weighted by Crippen LogP contribution is 2.29. The zero-order valence-electron chi connectivity index (χ0n) is 12.6. The van der Waals surface area contributed by atoms with E-state index >= 15 is 0 Å². The molecule has 2 aromatic rings. The predicted octanol–water partition coefficient (Wildman–Crippen LogP) is 4.77. The first-order valence-corrected chi connectivity index (χ1v) is 7.39. The van der Waals surface area contributed by atoms with Crippen LogP contribution >= 0.6 is 11.6 Å². The first-order chi connectivity index (χ1) is 9.54. The Bertz CT molecular complexity index is 584. The highest BCUT2D eigenvalue weighted by Gasteiger charge is 2.16. The molecule has 0 amide bonds. The SMILES string of the molecule is CNC(Cc1c(C)cccc1C)c1cccc(C)c1Cl. The van der Waals surface area contributed by atoms with Gasteiger partial charge in [-0.05, 0) is 62.1 Å². The largest absolute Gasteiger partial charge is 0.313 e. The van der Waals surface area contributed by atoms with Gasteiger partial charge in [-0.25, -0.2) is 0 Å². The molecule has 0 aliphatic carbocycles. The minimum atomic E-state index is 0.238. The highest BCUT2D eigenvalue weighted by molar-refractivity contribution is 6.32. The van der Waals surface area contributed by atoms with Crippen molar-refractivity contribution in [2.24, 2.45) is 0 Å². The van der Waals surface area contributed by atoms with Gasteiger partial charge in [-0.1, -0.05) is 48.0 Å². The Kier molecular flexibility index (Phi) is 4.85. The van der Waals surface area contributed by atoms with Crippen LogP contribution in [0.4, 0.5) is 0 Å². The van der Waals surface area contributed by atoms with E-state index in [-0.39, 0.29) is 6.04 Å². The molecule has 0 radical (unpaired) electrons. The summed E-state index contributed by atoms with van der Waals surface area (Å²) < 4.78 is 0. The molecule has 106 valence electrons. The molecule has 0 aliphatic rings. The highest BCUT2D eigenvalue weighted by atomic mass is 35.5. The van der Waals surface area contributed by atoms with Crippen LogP contribution < -0.4 is 5.32 Å². The second-order valence-corrected chi connectivity index (χ2v) is 5.77. The van der Waals surface area contributed by atoms with Crippen LogP contribution in [0.1, 0.15) is 33.9 Å². The Hall–Kier alpha value is -1.31. The minimum Gasteiger partial charge on any atom is -0.313 e. The lowest BCUT2D eigenvalue weighted by Gasteiger charge is -2.21. The lowest BCUT2D eigenvalue weighted by molar-refractivity contribution is 0.589. The van der Waals surface area contributed by atoms with Gasteiger partial charge in [0.2, 0.25) is 0 Å². The van der Waals surface area contributed by atoms with Crippen molar-refractivity contribution >= 4 is 11.6 Å². The van der Waals surface area contributed by atoms with Crippen LogP contribution in [0.15, 0.2) is 36.4 Å². The van der Waals surface area contributed by atoms with Gasteiger partial charge in [0.05, 0.1) is 0 Å². The number of halogens is 1. The molecular formula is C18H22ClN. The predicted molar refractivity (Wildman–Crippen MR) is 87.6 cm³/mol. The number of benzene rings is 2. The second kappa shape index (κ2) is 6.43. The summed E-state index contributed by atoms with van der Waals surface area (Å²) >= 11 is 6.47. The fraction of sp³-hybridized carbons (Fsp3) is 0.333. The molecule has 0 bridgehead atoms. The summed E-state index contributed by atoms with van der Waals surface area (Å²) in [7, 11) is 2.00. The molecule has 1 unspecified atom stereocenters. The number of nitrogens with one attached hydrogen (secondary N) is 1. The third-order valence-corrected chi connectivity index (χ3v) is 4.51. The fourth-order valence-corrected chi connectivity index (χ4v) is 2.94. The Balaban J connectivity index is 2.37. The molecule has 20 heavy (non-hydrogen) atoms. The van der Waals surface area contributed by atoms with E-state index in [1.807, 2.05) is 7.05 Å². The van der Waals surface area contributed by atoms with Gasteiger partial charge in [0, 0.05) is 11.1 Å². The van der Waals surface area contributed by atoms with Crippen molar-refractivity contribution in [3.8, 4) is 0 Å². The average molecular weight is 288 g/mol. The van der Waals surface area contributed by atoms with Crippen molar-refractivity contribution < 1.29 is 0 Å². The third kappa shape index (κ3) is 3.05. The molecule has 0 aromatic heterocycles. The summed E-state index contributed by atoms with van der Waals surface area (Å²) in [4.78, 5) is 0. The van der Waals surface area contributed by atoms with Crippen molar-refractivity contribution in [1.29, 1.82) is 0 Å². The monoisotopic (exact) mass is 287 g/mol. The van der Waals surface area contributed by atoms with E-state index < -0.39 is 0 Å². The first-order valence-electron chi connectivity index (χ1n) is 7.02. The van der Waals surface area contributed by atoms with Crippen molar-refractivity contribution in [1.82, 2.24) is 5.32 Å². The van der Waals surface area contributed by atoms with Crippen LogP contribution in [0, 0.1) is 20.8 Å². The summed E-state index contributed by atoms with van der Waals surface area (Å²) in [6.07, 6.45) is 0.957.